The van der Waals surface area contributed by atoms with E-state index in [-0.39, 0.29) is 0 Å². The quantitative estimate of drug-likeness (QED) is 0.650. The van der Waals surface area contributed by atoms with Gasteiger partial charge in [-0.2, -0.15) is 4.98 Å². The first-order valence-corrected chi connectivity index (χ1v) is 6.30. The summed E-state index contributed by atoms with van der Waals surface area (Å²) in [6, 6.07) is 0. The Morgan fingerprint density at radius 1 is 1.42 bits per heavy atom. The molecule has 2 N–H and O–H groups in total. The Hall–Kier alpha value is -1.96. The summed E-state index contributed by atoms with van der Waals surface area (Å²) < 4.78 is 4.57. The number of rotatable bonds is 3. The van der Waals surface area contributed by atoms with Crippen molar-refractivity contribution in [1.29, 1.82) is 0 Å². The van der Waals surface area contributed by atoms with Gasteiger partial charge in [0, 0.05) is 32.6 Å². The molecule has 8 nitrogen and oxygen atoms in total. The maximum absolute atomic E-state index is 11.9. The van der Waals surface area contributed by atoms with Crippen LogP contribution in [0.15, 0.2) is 10.9 Å². The van der Waals surface area contributed by atoms with Crippen LogP contribution in [-0.2, 0) is 16.0 Å². The van der Waals surface area contributed by atoms with E-state index in [1.165, 1.54) is 6.39 Å². The van der Waals surface area contributed by atoms with Crippen molar-refractivity contribution in [2.75, 3.05) is 32.7 Å². The van der Waals surface area contributed by atoms with Crippen molar-refractivity contribution in [1.82, 2.24) is 25.7 Å². The van der Waals surface area contributed by atoms with Crippen LogP contribution in [-0.4, -0.2) is 59.6 Å². The van der Waals surface area contributed by atoms with Gasteiger partial charge in [-0.25, -0.2) is 0 Å². The predicted molar refractivity (Wildman–Crippen MR) is 65.1 cm³/mol. The maximum atomic E-state index is 11.9. The fourth-order valence-corrected chi connectivity index (χ4v) is 1.86. The van der Waals surface area contributed by atoms with E-state index in [0.717, 1.165) is 19.5 Å². The summed E-state index contributed by atoms with van der Waals surface area (Å²) in [5, 5.41) is 9.37. The van der Waals surface area contributed by atoms with E-state index in [1.54, 1.807) is 4.90 Å². The standard InChI is InChI=1S/C11H17N5O3/c17-10(13-4-2-9-14-8-19-15-9)11(18)16-6-1-3-12-5-7-16/h8,12H,1-7H2,(H,13,17). The molecule has 1 fully saturated rings. The van der Waals surface area contributed by atoms with Gasteiger partial charge in [-0.3, -0.25) is 9.59 Å². The molecule has 0 unspecified atom stereocenters. The third-order valence-corrected chi connectivity index (χ3v) is 2.86. The molecule has 1 aliphatic rings. The first kappa shape index (κ1) is 13.5. The Morgan fingerprint density at radius 3 is 3.11 bits per heavy atom. The van der Waals surface area contributed by atoms with E-state index in [9.17, 15) is 9.59 Å². The van der Waals surface area contributed by atoms with Crippen LogP contribution in [0.25, 0.3) is 0 Å². The van der Waals surface area contributed by atoms with Gasteiger partial charge in [0.15, 0.2) is 5.82 Å². The van der Waals surface area contributed by atoms with Crippen LogP contribution in [0.2, 0.25) is 0 Å². The molecular formula is C11H17N5O3. The third-order valence-electron chi connectivity index (χ3n) is 2.86. The average Bonchev–Trinajstić information content (AvgIpc) is 2.78. The summed E-state index contributed by atoms with van der Waals surface area (Å²) in [5.74, 6) is -0.547. The van der Waals surface area contributed by atoms with Crippen LogP contribution >= 0.6 is 0 Å². The lowest BCUT2D eigenvalue weighted by atomic mass is 10.3. The van der Waals surface area contributed by atoms with Gasteiger partial charge in [0.05, 0.1) is 0 Å². The molecule has 0 atom stereocenters. The van der Waals surface area contributed by atoms with Gasteiger partial charge >= 0.3 is 11.8 Å². The Labute approximate surface area is 110 Å². The zero-order valence-electron chi connectivity index (χ0n) is 10.6. The van der Waals surface area contributed by atoms with Crippen molar-refractivity contribution in [3.8, 4) is 0 Å². The van der Waals surface area contributed by atoms with E-state index in [0.29, 0.717) is 31.9 Å². The van der Waals surface area contributed by atoms with Crippen molar-refractivity contribution in [3.63, 3.8) is 0 Å². The molecule has 2 rings (SSSR count). The van der Waals surface area contributed by atoms with E-state index < -0.39 is 11.8 Å². The number of carbonyl (C=O) groups is 2. The van der Waals surface area contributed by atoms with Crippen molar-refractivity contribution in [3.05, 3.63) is 12.2 Å². The zero-order valence-corrected chi connectivity index (χ0v) is 10.6. The summed E-state index contributed by atoms with van der Waals surface area (Å²) in [5.41, 5.74) is 0. The minimum absolute atomic E-state index is 0.316. The average molecular weight is 267 g/mol. The number of amides is 2. The van der Waals surface area contributed by atoms with Crippen molar-refractivity contribution < 1.29 is 14.1 Å². The lowest BCUT2D eigenvalue weighted by Gasteiger charge is -2.18. The number of carbonyl (C=O) groups excluding carboxylic acids is 2. The van der Waals surface area contributed by atoms with Crippen molar-refractivity contribution >= 4 is 11.8 Å². The molecule has 2 heterocycles. The highest BCUT2D eigenvalue weighted by atomic mass is 16.5. The molecule has 19 heavy (non-hydrogen) atoms. The summed E-state index contributed by atoms with van der Waals surface area (Å²) in [4.78, 5) is 29.0. The SMILES string of the molecule is O=C(NCCc1ncon1)C(=O)N1CCCNCC1. The minimum atomic E-state index is -0.578. The maximum Gasteiger partial charge on any atom is 0.311 e. The van der Waals surface area contributed by atoms with Crippen LogP contribution in [0.1, 0.15) is 12.2 Å². The Bertz CT molecular complexity index is 412. The molecule has 2 amide bonds. The summed E-state index contributed by atoms with van der Waals surface area (Å²) in [7, 11) is 0. The highest BCUT2D eigenvalue weighted by molar-refractivity contribution is 6.35. The van der Waals surface area contributed by atoms with E-state index >= 15 is 0 Å². The molecule has 0 spiro atoms. The van der Waals surface area contributed by atoms with Crippen LogP contribution < -0.4 is 10.6 Å². The first-order chi connectivity index (χ1) is 9.27. The number of nitrogens with zero attached hydrogens (tertiary/aromatic N) is 3. The Morgan fingerprint density at radius 2 is 2.32 bits per heavy atom. The van der Waals surface area contributed by atoms with E-state index in [2.05, 4.69) is 25.3 Å². The van der Waals surface area contributed by atoms with Gasteiger partial charge in [0.2, 0.25) is 6.39 Å². The summed E-state index contributed by atoms with van der Waals surface area (Å²) >= 11 is 0. The van der Waals surface area contributed by atoms with Crippen LogP contribution in [0, 0.1) is 0 Å². The molecule has 0 aromatic carbocycles. The number of aromatic nitrogens is 2. The monoisotopic (exact) mass is 267 g/mol. The largest absolute Gasteiger partial charge is 0.347 e. The van der Waals surface area contributed by atoms with Crippen molar-refractivity contribution in [2.45, 2.75) is 12.8 Å². The molecule has 0 saturated carbocycles. The fourth-order valence-electron chi connectivity index (χ4n) is 1.86. The molecule has 1 aliphatic heterocycles. The second kappa shape index (κ2) is 6.83. The Kier molecular flexibility index (Phi) is 4.85. The van der Waals surface area contributed by atoms with Gasteiger partial charge in [-0.1, -0.05) is 5.16 Å². The molecule has 1 aromatic rings. The zero-order chi connectivity index (χ0) is 13.5. The van der Waals surface area contributed by atoms with Crippen LogP contribution in [0.4, 0.5) is 0 Å². The van der Waals surface area contributed by atoms with E-state index in [4.69, 9.17) is 0 Å². The number of hydrogen-bond acceptors (Lipinski definition) is 6. The second-order valence-electron chi connectivity index (χ2n) is 4.25. The van der Waals surface area contributed by atoms with Crippen LogP contribution in [0.3, 0.4) is 0 Å². The molecular weight excluding hydrogens is 250 g/mol. The topological polar surface area (TPSA) is 100 Å². The normalized spacial score (nSPS) is 15.9. The fraction of sp³-hybridized carbons (Fsp3) is 0.636. The van der Waals surface area contributed by atoms with Gasteiger partial charge in [-0.15, -0.1) is 0 Å². The van der Waals surface area contributed by atoms with Gasteiger partial charge < -0.3 is 20.1 Å². The third kappa shape index (κ3) is 4.02. The lowest BCUT2D eigenvalue weighted by molar-refractivity contribution is -0.145. The highest BCUT2D eigenvalue weighted by Gasteiger charge is 2.21. The number of nitrogens with one attached hydrogen (secondary N) is 2. The molecule has 104 valence electrons. The van der Waals surface area contributed by atoms with Crippen molar-refractivity contribution in [2.24, 2.45) is 0 Å². The number of hydrogen-bond donors (Lipinski definition) is 2. The summed E-state index contributed by atoms with van der Waals surface area (Å²) in [6.45, 7) is 3.10. The summed E-state index contributed by atoms with van der Waals surface area (Å²) in [6.07, 6.45) is 2.53. The molecule has 1 saturated heterocycles. The van der Waals surface area contributed by atoms with Gasteiger partial charge in [0.1, 0.15) is 0 Å². The minimum Gasteiger partial charge on any atom is -0.347 e. The first-order valence-electron chi connectivity index (χ1n) is 6.30. The van der Waals surface area contributed by atoms with Crippen LogP contribution in [0.5, 0.6) is 0 Å². The second-order valence-corrected chi connectivity index (χ2v) is 4.25. The smallest absolute Gasteiger partial charge is 0.311 e. The highest BCUT2D eigenvalue weighted by Crippen LogP contribution is 1.96. The van der Waals surface area contributed by atoms with E-state index in [1.807, 2.05) is 0 Å². The van der Waals surface area contributed by atoms with Gasteiger partial charge in [0.25, 0.3) is 0 Å². The van der Waals surface area contributed by atoms with Gasteiger partial charge in [-0.05, 0) is 13.0 Å². The Balaban J connectivity index is 1.73. The molecule has 8 heteroatoms. The lowest BCUT2D eigenvalue weighted by Crippen LogP contribution is -2.44. The predicted octanol–water partition coefficient (Wildman–Crippen LogP) is -1.45. The molecule has 0 radical (unpaired) electrons. The molecule has 1 aromatic heterocycles. The molecule has 0 bridgehead atoms. The molecule has 0 aliphatic carbocycles.